The van der Waals surface area contributed by atoms with Gasteiger partial charge in [-0.1, -0.05) is 20.8 Å². The molecule has 1 atom stereocenters. The van der Waals surface area contributed by atoms with Gasteiger partial charge in [0.15, 0.2) is 0 Å². The number of likely N-dealkylation sites (tertiary alicyclic amines) is 1. The highest BCUT2D eigenvalue weighted by molar-refractivity contribution is 7.82. The molecule has 1 unspecified atom stereocenters. The maximum atomic E-state index is 11.8. The third kappa shape index (κ3) is 4.02. The van der Waals surface area contributed by atoms with Crippen molar-refractivity contribution in [2.75, 3.05) is 31.9 Å². The van der Waals surface area contributed by atoms with Crippen molar-refractivity contribution >= 4 is 11.0 Å². The zero-order valence-electron chi connectivity index (χ0n) is 12.8. The summed E-state index contributed by atoms with van der Waals surface area (Å²) in [6.45, 7) is 11.3. The normalized spacial score (nSPS) is 26.9. The first-order chi connectivity index (χ1) is 9.11. The lowest BCUT2D eigenvalue weighted by Crippen LogP contribution is -2.48. The van der Waals surface area contributed by atoms with E-state index in [-0.39, 0.29) is 0 Å². The average Bonchev–Trinajstić information content (AvgIpc) is 2.46. The lowest BCUT2D eigenvalue weighted by molar-refractivity contribution is 0.0863. The molecule has 2 rings (SSSR count). The molecule has 2 aliphatic heterocycles. The molecule has 3 nitrogen and oxygen atoms in total. The summed E-state index contributed by atoms with van der Waals surface area (Å²) >= 11 is 0. The Bertz CT molecular complexity index is 293. The fraction of sp³-hybridized carbons (Fsp3) is 1.00. The Labute approximate surface area is 121 Å². The first kappa shape index (κ1) is 15.5. The SMILES string of the molecule is CCS(=O)N1CCC(N2CCC(C(C)C)CC2)CC1. The van der Waals surface area contributed by atoms with Crippen LogP contribution in [0.5, 0.6) is 0 Å². The van der Waals surface area contributed by atoms with Crippen molar-refractivity contribution in [3.63, 3.8) is 0 Å². The fourth-order valence-corrected chi connectivity index (χ4v) is 4.53. The molecule has 0 radical (unpaired) electrons. The summed E-state index contributed by atoms with van der Waals surface area (Å²) in [7, 11) is -0.730. The second-order valence-corrected chi connectivity index (χ2v) is 8.12. The topological polar surface area (TPSA) is 23.6 Å². The van der Waals surface area contributed by atoms with Crippen LogP contribution in [0.4, 0.5) is 0 Å². The molecule has 0 aromatic heterocycles. The summed E-state index contributed by atoms with van der Waals surface area (Å²) in [6.07, 6.45) is 5.16. The lowest BCUT2D eigenvalue weighted by Gasteiger charge is -2.42. The van der Waals surface area contributed by atoms with Gasteiger partial charge in [0, 0.05) is 24.9 Å². The van der Waals surface area contributed by atoms with Crippen LogP contribution in [0.1, 0.15) is 46.5 Å². The molecule has 0 bridgehead atoms. The molecular formula is C15H30N2OS. The Morgan fingerprint density at radius 3 is 2.11 bits per heavy atom. The molecule has 2 fully saturated rings. The zero-order valence-corrected chi connectivity index (χ0v) is 13.6. The molecule has 0 aliphatic carbocycles. The van der Waals surface area contributed by atoms with Crippen LogP contribution >= 0.6 is 0 Å². The van der Waals surface area contributed by atoms with Crippen molar-refractivity contribution in [2.24, 2.45) is 11.8 Å². The van der Waals surface area contributed by atoms with E-state index in [1.807, 2.05) is 6.92 Å². The Hall–Kier alpha value is 0.0700. The van der Waals surface area contributed by atoms with E-state index in [1.54, 1.807) is 0 Å². The molecule has 0 spiro atoms. The third-order valence-corrected chi connectivity index (χ3v) is 6.43. The van der Waals surface area contributed by atoms with Crippen molar-refractivity contribution < 1.29 is 4.21 Å². The lowest BCUT2D eigenvalue weighted by atomic mass is 9.85. The van der Waals surface area contributed by atoms with Crippen LogP contribution in [0, 0.1) is 11.8 Å². The van der Waals surface area contributed by atoms with E-state index in [0.29, 0.717) is 0 Å². The summed E-state index contributed by atoms with van der Waals surface area (Å²) in [5.74, 6) is 2.55. The minimum Gasteiger partial charge on any atom is -0.300 e. The van der Waals surface area contributed by atoms with E-state index in [4.69, 9.17) is 0 Å². The van der Waals surface area contributed by atoms with Crippen molar-refractivity contribution in [1.82, 2.24) is 9.21 Å². The zero-order chi connectivity index (χ0) is 13.8. The highest BCUT2D eigenvalue weighted by Gasteiger charge is 2.29. The molecular weight excluding hydrogens is 256 g/mol. The van der Waals surface area contributed by atoms with Gasteiger partial charge in [0.05, 0.1) is 11.0 Å². The van der Waals surface area contributed by atoms with Gasteiger partial charge < -0.3 is 4.90 Å². The van der Waals surface area contributed by atoms with Crippen molar-refractivity contribution in [1.29, 1.82) is 0 Å². The summed E-state index contributed by atoms with van der Waals surface area (Å²) in [5, 5.41) is 0. The fourth-order valence-electron chi connectivity index (χ4n) is 3.54. The molecule has 112 valence electrons. The van der Waals surface area contributed by atoms with Crippen molar-refractivity contribution in [2.45, 2.75) is 52.5 Å². The van der Waals surface area contributed by atoms with Gasteiger partial charge in [-0.15, -0.1) is 0 Å². The first-order valence-electron chi connectivity index (χ1n) is 7.99. The number of rotatable bonds is 4. The van der Waals surface area contributed by atoms with Gasteiger partial charge in [-0.2, -0.15) is 0 Å². The Kier molecular flexibility index (Phi) is 5.85. The van der Waals surface area contributed by atoms with Crippen LogP contribution in [-0.4, -0.2) is 51.4 Å². The van der Waals surface area contributed by atoms with Crippen LogP contribution in [-0.2, 0) is 11.0 Å². The smallest absolute Gasteiger partial charge is 0.0939 e. The molecule has 2 saturated heterocycles. The third-order valence-electron chi connectivity index (χ3n) is 4.99. The average molecular weight is 286 g/mol. The molecule has 4 heteroatoms. The van der Waals surface area contributed by atoms with Crippen molar-refractivity contribution in [3.8, 4) is 0 Å². The highest BCUT2D eigenvalue weighted by atomic mass is 32.2. The van der Waals surface area contributed by atoms with Crippen molar-refractivity contribution in [3.05, 3.63) is 0 Å². The maximum absolute atomic E-state index is 11.8. The second kappa shape index (κ2) is 7.19. The van der Waals surface area contributed by atoms with E-state index in [2.05, 4.69) is 23.1 Å². The summed E-state index contributed by atoms with van der Waals surface area (Å²) < 4.78 is 14.0. The van der Waals surface area contributed by atoms with E-state index < -0.39 is 11.0 Å². The largest absolute Gasteiger partial charge is 0.300 e. The standard InChI is InChI=1S/C15H30N2OS/c1-4-19(18)17-11-7-15(8-12-17)16-9-5-14(6-10-16)13(2)3/h13-15H,4-12H2,1-3H3. The molecule has 0 amide bonds. The van der Waals surface area contributed by atoms with Gasteiger partial charge in [-0.3, -0.25) is 0 Å². The van der Waals surface area contributed by atoms with E-state index in [9.17, 15) is 4.21 Å². The number of hydrogen-bond acceptors (Lipinski definition) is 2. The monoisotopic (exact) mass is 286 g/mol. The second-order valence-electron chi connectivity index (χ2n) is 6.39. The minimum atomic E-state index is -0.730. The van der Waals surface area contributed by atoms with Gasteiger partial charge in [0.25, 0.3) is 0 Å². The summed E-state index contributed by atoms with van der Waals surface area (Å²) in [6, 6.07) is 0.748. The molecule has 0 aromatic carbocycles. The minimum absolute atomic E-state index is 0.730. The van der Waals surface area contributed by atoms with E-state index in [1.165, 1.54) is 38.8 Å². The van der Waals surface area contributed by atoms with E-state index in [0.717, 1.165) is 36.7 Å². The molecule has 19 heavy (non-hydrogen) atoms. The van der Waals surface area contributed by atoms with Gasteiger partial charge in [-0.05, 0) is 50.6 Å². The number of piperidine rings is 2. The van der Waals surface area contributed by atoms with Gasteiger partial charge in [-0.25, -0.2) is 8.51 Å². The van der Waals surface area contributed by atoms with Crippen LogP contribution in [0.3, 0.4) is 0 Å². The quantitative estimate of drug-likeness (QED) is 0.793. The number of hydrogen-bond donors (Lipinski definition) is 0. The maximum Gasteiger partial charge on any atom is 0.0939 e. The predicted molar refractivity (Wildman–Crippen MR) is 82.4 cm³/mol. The summed E-state index contributed by atoms with van der Waals surface area (Å²) in [5.41, 5.74) is 0. The molecule has 0 saturated carbocycles. The Morgan fingerprint density at radius 2 is 1.63 bits per heavy atom. The predicted octanol–water partition coefficient (Wildman–Crippen LogP) is 2.50. The van der Waals surface area contributed by atoms with Crippen LogP contribution < -0.4 is 0 Å². The van der Waals surface area contributed by atoms with Gasteiger partial charge in [0.1, 0.15) is 0 Å². The molecule has 0 N–H and O–H groups in total. The number of nitrogens with zero attached hydrogens (tertiary/aromatic N) is 2. The first-order valence-corrected chi connectivity index (χ1v) is 9.26. The molecule has 2 heterocycles. The van der Waals surface area contributed by atoms with E-state index >= 15 is 0 Å². The van der Waals surface area contributed by atoms with Crippen LogP contribution in [0.25, 0.3) is 0 Å². The highest BCUT2D eigenvalue weighted by Crippen LogP contribution is 2.28. The van der Waals surface area contributed by atoms with Gasteiger partial charge >= 0.3 is 0 Å². The Morgan fingerprint density at radius 1 is 1.05 bits per heavy atom. The summed E-state index contributed by atoms with van der Waals surface area (Å²) in [4.78, 5) is 2.70. The molecule has 0 aromatic rings. The Balaban J connectivity index is 1.75. The van der Waals surface area contributed by atoms with Crippen LogP contribution in [0.15, 0.2) is 0 Å². The molecule has 2 aliphatic rings. The van der Waals surface area contributed by atoms with Crippen LogP contribution in [0.2, 0.25) is 0 Å². The van der Waals surface area contributed by atoms with Gasteiger partial charge in [0.2, 0.25) is 0 Å².